The number of benzene rings is 2. The van der Waals surface area contributed by atoms with E-state index in [-0.39, 0.29) is 17.7 Å². The Labute approximate surface area is 170 Å². The molecular formula is C20H20Br2N2O2. The van der Waals surface area contributed by atoms with Gasteiger partial charge in [0.1, 0.15) is 0 Å². The van der Waals surface area contributed by atoms with E-state index in [1.54, 1.807) is 12.1 Å². The molecule has 0 heterocycles. The molecular weight excluding hydrogens is 460 g/mol. The second kappa shape index (κ2) is 8.82. The summed E-state index contributed by atoms with van der Waals surface area (Å²) >= 11 is 6.82. The summed E-state index contributed by atoms with van der Waals surface area (Å²) in [7, 11) is 0. The lowest BCUT2D eigenvalue weighted by Crippen LogP contribution is -2.30. The second-order valence-corrected chi connectivity index (χ2v) is 8.25. The predicted octanol–water partition coefficient (Wildman–Crippen LogP) is 4.25. The van der Waals surface area contributed by atoms with E-state index in [0.717, 1.165) is 15.4 Å². The minimum absolute atomic E-state index is 0.0700. The van der Waals surface area contributed by atoms with E-state index in [4.69, 9.17) is 0 Å². The van der Waals surface area contributed by atoms with Crippen molar-refractivity contribution in [3.8, 4) is 0 Å². The summed E-state index contributed by atoms with van der Waals surface area (Å²) in [6.45, 7) is 1.10. The third-order valence-corrected chi connectivity index (χ3v) is 5.42. The second-order valence-electron chi connectivity index (χ2n) is 6.41. The van der Waals surface area contributed by atoms with Gasteiger partial charge >= 0.3 is 0 Å². The summed E-state index contributed by atoms with van der Waals surface area (Å²) in [4.78, 5) is 24.2. The number of carbonyl (C=O) groups excluding carboxylic acids is 2. The average molecular weight is 480 g/mol. The Bertz CT molecular complexity index is 810. The SMILES string of the molecule is O=C(NCCCNC(=O)C1CC1c1cccc(Br)c1)c1cccc(Br)c1. The van der Waals surface area contributed by atoms with E-state index >= 15 is 0 Å². The fourth-order valence-corrected chi connectivity index (χ4v) is 3.77. The Morgan fingerprint density at radius 1 is 0.962 bits per heavy atom. The highest BCUT2D eigenvalue weighted by Crippen LogP contribution is 2.47. The van der Waals surface area contributed by atoms with Crippen molar-refractivity contribution in [2.24, 2.45) is 5.92 Å². The summed E-state index contributed by atoms with van der Waals surface area (Å²) in [5.41, 5.74) is 1.83. The van der Waals surface area contributed by atoms with Crippen LogP contribution in [0.3, 0.4) is 0 Å². The molecule has 1 aliphatic carbocycles. The maximum atomic E-state index is 12.2. The largest absolute Gasteiger partial charge is 0.356 e. The lowest BCUT2D eigenvalue weighted by molar-refractivity contribution is -0.122. The first-order valence-electron chi connectivity index (χ1n) is 8.61. The maximum Gasteiger partial charge on any atom is 0.251 e. The molecule has 2 atom stereocenters. The van der Waals surface area contributed by atoms with Crippen LogP contribution in [0.5, 0.6) is 0 Å². The van der Waals surface area contributed by atoms with Gasteiger partial charge in [0.2, 0.25) is 5.91 Å². The number of nitrogens with one attached hydrogen (secondary N) is 2. The number of rotatable bonds is 7. The Morgan fingerprint density at radius 2 is 1.65 bits per heavy atom. The summed E-state index contributed by atoms with van der Waals surface area (Å²) in [5.74, 6) is 0.395. The highest BCUT2D eigenvalue weighted by molar-refractivity contribution is 9.10. The van der Waals surface area contributed by atoms with Crippen LogP contribution in [0.25, 0.3) is 0 Å². The molecule has 1 saturated carbocycles. The molecule has 1 fully saturated rings. The van der Waals surface area contributed by atoms with Gasteiger partial charge in [0.25, 0.3) is 5.91 Å². The molecule has 2 aromatic carbocycles. The van der Waals surface area contributed by atoms with Gasteiger partial charge in [-0.15, -0.1) is 0 Å². The van der Waals surface area contributed by atoms with Gasteiger partial charge in [-0.3, -0.25) is 9.59 Å². The van der Waals surface area contributed by atoms with Crippen LogP contribution in [0.2, 0.25) is 0 Å². The summed E-state index contributed by atoms with van der Waals surface area (Å²) in [6.07, 6.45) is 1.61. The quantitative estimate of drug-likeness (QED) is 0.583. The highest BCUT2D eigenvalue weighted by Gasteiger charge is 2.43. The molecule has 3 rings (SSSR count). The van der Waals surface area contributed by atoms with Crippen molar-refractivity contribution in [2.45, 2.75) is 18.8 Å². The molecule has 1 aliphatic rings. The van der Waals surface area contributed by atoms with Gasteiger partial charge in [-0.05, 0) is 54.7 Å². The average Bonchev–Trinajstić information content (AvgIpc) is 3.42. The monoisotopic (exact) mass is 478 g/mol. The van der Waals surface area contributed by atoms with Crippen molar-refractivity contribution in [2.75, 3.05) is 13.1 Å². The van der Waals surface area contributed by atoms with Gasteiger partial charge in [0.15, 0.2) is 0 Å². The van der Waals surface area contributed by atoms with E-state index in [2.05, 4.69) is 54.6 Å². The molecule has 2 aromatic rings. The van der Waals surface area contributed by atoms with Gasteiger partial charge in [0, 0.05) is 33.5 Å². The molecule has 0 aromatic heterocycles. The minimum atomic E-state index is -0.102. The molecule has 136 valence electrons. The number of hydrogen-bond acceptors (Lipinski definition) is 2. The van der Waals surface area contributed by atoms with Crippen molar-refractivity contribution in [3.05, 3.63) is 68.6 Å². The standard InChI is InChI=1S/C20H20Br2N2O2/c21-15-6-1-4-13(10-15)17-12-18(17)20(26)24-9-3-8-23-19(25)14-5-2-7-16(22)11-14/h1-2,4-7,10-11,17-18H,3,8-9,12H2,(H,23,25)(H,24,26). The number of halogens is 2. The van der Waals surface area contributed by atoms with Gasteiger partial charge in [-0.25, -0.2) is 0 Å². The van der Waals surface area contributed by atoms with Crippen molar-refractivity contribution < 1.29 is 9.59 Å². The molecule has 0 bridgehead atoms. The minimum Gasteiger partial charge on any atom is -0.356 e. The molecule has 2 N–H and O–H groups in total. The van der Waals surface area contributed by atoms with E-state index in [0.29, 0.717) is 31.0 Å². The zero-order chi connectivity index (χ0) is 18.5. The van der Waals surface area contributed by atoms with Crippen LogP contribution in [-0.4, -0.2) is 24.9 Å². The smallest absolute Gasteiger partial charge is 0.251 e. The zero-order valence-corrected chi connectivity index (χ0v) is 17.3. The molecule has 2 unspecified atom stereocenters. The normalized spacial score (nSPS) is 18.2. The molecule has 0 aliphatic heterocycles. The number of carbonyl (C=O) groups is 2. The van der Waals surface area contributed by atoms with Crippen LogP contribution in [-0.2, 0) is 4.79 Å². The third-order valence-electron chi connectivity index (χ3n) is 4.43. The summed E-state index contributed by atoms with van der Waals surface area (Å²) in [6, 6.07) is 15.4. The first kappa shape index (κ1) is 19.1. The topological polar surface area (TPSA) is 58.2 Å². The van der Waals surface area contributed by atoms with Crippen LogP contribution >= 0.6 is 31.9 Å². The molecule has 4 nitrogen and oxygen atoms in total. The summed E-state index contributed by atoms with van der Waals surface area (Å²) in [5, 5.41) is 5.84. The van der Waals surface area contributed by atoms with E-state index in [1.807, 2.05) is 24.3 Å². The summed E-state index contributed by atoms with van der Waals surface area (Å²) < 4.78 is 1.92. The van der Waals surface area contributed by atoms with Gasteiger partial charge in [0.05, 0.1) is 0 Å². The van der Waals surface area contributed by atoms with Gasteiger partial charge in [-0.1, -0.05) is 50.1 Å². The number of amides is 2. The zero-order valence-electron chi connectivity index (χ0n) is 14.2. The predicted molar refractivity (Wildman–Crippen MR) is 109 cm³/mol. The van der Waals surface area contributed by atoms with Crippen LogP contribution < -0.4 is 10.6 Å². The molecule has 0 saturated heterocycles. The lowest BCUT2D eigenvalue weighted by Gasteiger charge is -2.07. The van der Waals surface area contributed by atoms with Crippen LogP contribution in [0.1, 0.15) is 34.7 Å². The van der Waals surface area contributed by atoms with Crippen LogP contribution in [0.15, 0.2) is 57.5 Å². The van der Waals surface area contributed by atoms with Crippen molar-refractivity contribution in [3.63, 3.8) is 0 Å². The Hall–Kier alpha value is -1.66. The van der Waals surface area contributed by atoms with Crippen molar-refractivity contribution in [1.82, 2.24) is 10.6 Å². The first-order valence-corrected chi connectivity index (χ1v) is 10.2. The molecule has 26 heavy (non-hydrogen) atoms. The third kappa shape index (κ3) is 5.17. The van der Waals surface area contributed by atoms with Crippen molar-refractivity contribution >= 4 is 43.7 Å². The molecule has 2 amide bonds. The Balaban J connectivity index is 1.34. The highest BCUT2D eigenvalue weighted by atomic mass is 79.9. The van der Waals surface area contributed by atoms with Crippen LogP contribution in [0.4, 0.5) is 0 Å². The maximum absolute atomic E-state index is 12.2. The van der Waals surface area contributed by atoms with E-state index < -0.39 is 0 Å². The van der Waals surface area contributed by atoms with Gasteiger partial charge in [-0.2, -0.15) is 0 Å². The Morgan fingerprint density at radius 3 is 2.38 bits per heavy atom. The van der Waals surface area contributed by atoms with Gasteiger partial charge < -0.3 is 10.6 Å². The molecule has 6 heteroatoms. The fourth-order valence-electron chi connectivity index (χ4n) is 2.96. The van der Waals surface area contributed by atoms with E-state index in [1.165, 1.54) is 5.56 Å². The van der Waals surface area contributed by atoms with Crippen molar-refractivity contribution in [1.29, 1.82) is 0 Å². The van der Waals surface area contributed by atoms with E-state index in [9.17, 15) is 9.59 Å². The first-order chi connectivity index (χ1) is 12.5. The Kier molecular flexibility index (Phi) is 6.48. The fraction of sp³-hybridized carbons (Fsp3) is 0.300. The van der Waals surface area contributed by atoms with Crippen LogP contribution in [0, 0.1) is 5.92 Å². The lowest BCUT2D eigenvalue weighted by atomic mass is 10.1. The molecule has 0 spiro atoms. The molecule has 0 radical (unpaired) electrons. The number of hydrogen-bond donors (Lipinski definition) is 2.